The number of hydrogen-bond acceptors (Lipinski definition) is 4. The minimum Gasteiger partial charge on any atom is -0.345 e. The highest BCUT2D eigenvalue weighted by molar-refractivity contribution is 9.10. The molecule has 2 aromatic rings. The van der Waals surface area contributed by atoms with E-state index in [4.69, 9.17) is 0 Å². The molecule has 0 aliphatic rings. The van der Waals surface area contributed by atoms with E-state index < -0.39 is 0 Å². The van der Waals surface area contributed by atoms with Crippen molar-refractivity contribution in [3.8, 4) is 0 Å². The molecular weight excluding hydrogens is 312 g/mol. The molecule has 5 heteroatoms. The van der Waals surface area contributed by atoms with Gasteiger partial charge < -0.3 is 5.32 Å². The van der Waals surface area contributed by atoms with Crippen molar-refractivity contribution < 1.29 is 4.79 Å². The van der Waals surface area contributed by atoms with Crippen LogP contribution >= 0.6 is 27.5 Å². The summed E-state index contributed by atoms with van der Waals surface area (Å²) in [5.74, 6) is 0.0403. The van der Waals surface area contributed by atoms with Crippen LogP contribution in [0.1, 0.15) is 28.5 Å². The van der Waals surface area contributed by atoms with Crippen molar-refractivity contribution in [2.24, 2.45) is 0 Å². The first-order chi connectivity index (χ1) is 8.49. The third-order valence-electron chi connectivity index (χ3n) is 2.65. The molecule has 0 aliphatic carbocycles. The molecule has 0 radical (unpaired) electrons. The highest BCUT2D eigenvalue weighted by Crippen LogP contribution is 2.30. The number of carbonyl (C=O) groups excluding carboxylic acids is 1. The van der Waals surface area contributed by atoms with E-state index in [1.54, 1.807) is 6.92 Å². The van der Waals surface area contributed by atoms with Crippen molar-refractivity contribution in [3.05, 3.63) is 39.5 Å². The summed E-state index contributed by atoms with van der Waals surface area (Å²) in [5, 5.41) is 4.10. The Morgan fingerprint density at radius 2 is 2.11 bits per heavy atom. The number of nitrogens with one attached hydrogen (secondary N) is 1. The molecule has 0 aliphatic heterocycles. The lowest BCUT2D eigenvalue weighted by atomic mass is 10.1. The van der Waals surface area contributed by atoms with Crippen LogP contribution in [0.25, 0.3) is 0 Å². The molecule has 0 bridgehead atoms. The number of aryl methyl sites for hydroxylation is 2. The minimum absolute atomic E-state index is 0.0403. The van der Waals surface area contributed by atoms with Crippen molar-refractivity contribution in [1.29, 1.82) is 0 Å². The van der Waals surface area contributed by atoms with Gasteiger partial charge in [-0.25, -0.2) is 0 Å². The molecule has 1 aromatic carbocycles. The lowest BCUT2D eigenvalue weighted by Gasteiger charge is -2.09. The summed E-state index contributed by atoms with van der Waals surface area (Å²) >= 11 is 4.75. The zero-order chi connectivity index (χ0) is 13.3. The quantitative estimate of drug-likeness (QED) is 0.847. The maximum absolute atomic E-state index is 11.6. The number of rotatable bonds is 3. The van der Waals surface area contributed by atoms with Crippen LogP contribution in [0.15, 0.2) is 22.7 Å². The first kappa shape index (κ1) is 13.2. The van der Waals surface area contributed by atoms with Gasteiger partial charge in [0.2, 0.25) is 0 Å². The molecule has 2 rings (SSSR count). The highest BCUT2D eigenvalue weighted by atomic mass is 79.9. The predicted molar refractivity (Wildman–Crippen MR) is 79.0 cm³/mol. The average Bonchev–Trinajstić information content (AvgIpc) is 2.64. The van der Waals surface area contributed by atoms with Crippen LogP contribution in [0.5, 0.6) is 0 Å². The molecule has 0 atom stereocenters. The lowest BCUT2D eigenvalue weighted by Crippen LogP contribution is -1.99. The van der Waals surface area contributed by atoms with Gasteiger partial charge in [0, 0.05) is 10.2 Å². The number of Topliss-reactive ketones (excluding diaryl/α,β-unsaturated/α-hetero) is 1. The fourth-order valence-electron chi connectivity index (χ4n) is 1.76. The van der Waals surface area contributed by atoms with E-state index in [1.807, 2.05) is 32.0 Å². The molecule has 0 saturated heterocycles. The molecular formula is C13H13BrN2OS. The second kappa shape index (κ2) is 5.20. The Labute approximate surface area is 119 Å². The van der Waals surface area contributed by atoms with Crippen LogP contribution in [0.2, 0.25) is 0 Å². The molecule has 0 amide bonds. The Morgan fingerprint density at radius 3 is 2.72 bits per heavy atom. The van der Waals surface area contributed by atoms with Gasteiger partial charge in [-0.3, -0.25) is 4.79 Å². The molecule has 94 valence electrons. The number of anilines is 2. The second-order valence-corrected chi connectivity index (χ2v) is 5.80. The molecule has 3 nitrogen and oxygen atoms in total. The van der Waals surface area contributed by atoms with Gasteiger partial charge in [0.15, 0.2) is 5.78 Å². The molecule has 1 aromatic heterocycles. The summed E-state index contributed by atoms with van der Waals surface area (Å²) < 4.78 is 5.27. The van der Waals surface area contributed by atoms with Crippen molar-refractivity contribution in [3.63, 3.8) is 0 Å². The van der Waals surface area contributed by atoms with E-state index in [-0.39, 0.29) is 5.78 Å². The van der Waals surface area contributed by atoms with Gasteiger partial charge in [0.05, 0.1) is 11.3 Å². The molecule has 0 saturated carbocycles. The first-order valence-electron chi connectivity index (χ1n) is 5.49. The molecule has 0 unspecified atom stereocenters. The Kier molecular flexibility index (Phi) is 3.82. The fraction of sp³-hybridized carbons (Fsp3) is 0.231. The number of halogens is 1. The Morgan fingerprint density at radius 1 is 1.39 bits per heavy atom. The number of benzene rings is 1. The van der Waals surface area contributed by atoms with E-state index in [9.17, 15) is 4.79 Å². The summed E-state index contributed by atoms with van der Waals surface area (Å²) in [4.78, 5) is 11.6. The van der Waals surface area contributed by atoms with Gasteiger partial charge >= 0.3 is 0 Å². The number of aromatic nitrogens is 1. The summed E-state index contributed by atoms with van der Waals surface area (Å²) in [5.41, 5.74) is 3.57. The van der Waals surface area contributed by atoms with Crippen LogP contribution in [-0.4, -0.2) is 10.2 Å². The van der Waals surface area contributed by atoms with E-state index in [2.05, 4.69) is 25.6 Å². The van der Waals surface area contributed by atoms with Gasteiger partial charge in [-0.1, -0.05) is 15.9 Å². The monoisotopic (exact) mass is 324 g/mol. The van der Waals surface area contributed by atoms with Crippen LogP contribution in [-0.2, 0) is 0 Å². The summed E-state index contributed by atoms with van der Waals surface area (Å²) in [7, 11) is 0. The van der Waals surface area contributed by atoms with Crippen molar-refractivity contribution in [1.82, 2.24) is 4.37 Å². The van der Waals surface area contributed by atoms with Crippen molar-refractivity contribution in [2.75, 3.05) is 5.32 Å². The zero-order valence-electron chi connectivity index (χ0n) is 10.4. The molecule has 1 N–H and O–H groups in total. The summed E-state index contributed by atoms with van der Waals surface area (Å²) in [6.07, 6.45) is 0. The molecule has 0 spiro atoms. The van der Waals surface area contributed by atoms with E-state index in [1.165, 1.54) is 11.5 Å². The van der Waals surface area contributed by atoms with Crippen molar-refractivity contribution >= 4 is 43.9 Å². The van der Waals surface area contributed by atoms with Crippen molar-refractivity contribution in [2.45, 2.75) is 20.8 Å². The molecule has 1 heterocycles. The number of ketones is 1. The zero-order valence-corrected chi connectivity index (χ0v) is 12.8. The van der Waals surface area contributed by atoms with E-state index >= 15 is 0 Å². The predicted octanol–water partition coefficient (Wildman–Crippen LogP) is 4.47. The minimum atomic E-state index is 0.0403. The maximum atomic E-state index is 11.6. The second-order valence-electron chi connectivity index (χ2n) is 4.11. The van der Waals surface area contributed by atoms with Crippen LogP contribution in [0.3, 0.4) is 0 Å². The molecule has 18 heavy (non-hydrogen) atoms. The van der Waals surface area contributed by atoms with Crippen LogP contribution in [0.4, 0.5) is 10.7 Å². The smallest absolute Gasteiger partial charge is 0.164 e. The normalized spacial score (nSPS) is 10.4. The van der Waals surface area contributed by atoms with Gasteiger partial charge in [0.25, 0.3) is 0 Å². The van der Waals surface area contributed by atoms with Gasteiger partial charge in [-0.05, 0) is 56.1 Å². The van der Waals surface area contributed by atoms with Gasteiger partial charge in [-0.15, -0.1) is 0 Å². The lowest BCUT2D eigenvalue weighted by molar-refractivity contribution is 0.101. The maximum Gasteiger partial charge on any atom is 0.164 e. The van der Waals surface area contributed by atoms with Crippen LogP contribution in [0, 0.1) is 13.8 Å². The van der Waals surface area contributed by atoms with E-state index in [0.29, 0.717) is 5.56 Å². The van der Waals surface area contributed by atoms with E-state index in [0.717, 1.165) is 26.4 Å². The number of nitrogens with zero attached hydrogens (tertiary/aromatic N) is 1. The number of carbonyl (C=O) groups is 1. The molecule has 0 fully saturated rings. The van der Waals surface area contributed by atoms with Crippen LogP contribution < -0.4 is 5.32 Å². The average molecular weight is 325 g/mol. The third kappa shape index (κ3) is 2.62. The Balaban J connectivity index is 2.37. The Hall–Kier alpha value is -1.20. The Bertz CT molecular complexity index is 607. The summed E-state index contributed by atoms with van der Waals surface area (Å²) in [6.45, 7) is 5.44. The third-order valence-corrected chi connectivity index (χ3v) is 4.00. The SMILES string of the molecule is CC(=O)c1c(C)nsc1Nc1ccc(Br)cc1C. The standard InChI is InChI=1S/C13H13BrN2OS/c1-7-6-10(14)4-5-11(7)15-13-12(9(3)17)8(2)16-18-13/h4-6,15H,1-3H3. The fourth-order valence-corrected chi connectivity index (χ4v) is 3.09. The summed E-state index contributed by atoms with van der Waals surface area (Å²) in [6, 6.07) is 5.98. The highest BCUT2D eigenvalue weighted by Gasteiger charge is 2.15. The number of hydrogen-bond donors (Lipinski definition) is 1. The van der Waals surface area contributed by atoms with Gasteiger partial charge in [-0.2, -0.15) is 4.37 Å². The largest absolute Gasteiger partial charge is 0.345 e. The van der Waals surface area contributed by atoms with Gasteiger partial charge in [0.1, 0.15) is 5.00 Å². The topological polar surface area (TPSA) is 42.0 Å². The first-order valence-corrected chi connectivity index (χ1v) is 7.06.